The first kappa shape index (κ1) is 22.3. The van der Waals surface area contributed by atoms with Crippen molar-refractivity contribution in [2.24, 2.45) is 0 Å². The molecule has 10 rings (SSSR count). The maximum absolute atomic E-state index is 2.37. The van der Waals surface area contributed by atoms with Crippen molar-refractivity contribution in [2.45, 2.75) is 0 Å². The van der Waals surface area contributed by atoms with E-state index in [0.29, 0.717) is 0 Å². The van der Waals surface area contributed by atoms with Crippen LogP contribution >= 0.6 is 0 Å². The molecule has 192 valence electrons. The Morgan fingerprint density at radius 1 is 0.238 bits per heavy atom. The molecule has 0 amide bonds. The van der Waals surface area contributed by atoms with E-state index in [9.17, 15) is 0 Å². The Morgan fingerprint density at radius 3 is 1.33 bits per heavy atom. The van der Waals surface area contributed by atoms with Crippen LogP contribution in [0.1, 0.15) is 0 Å². The predicted octanol–water partition coefficient (Wildman–Crippen LogP) is 12.0. The lowest BCUT2D eigenvalue weighted by molar-refractivity contribution is 1.68. The van der Waals surface area contributed by atoms with Gasteiger partial charge in [-0.25, -0.2) is 0 Å². The third-order valence-corrected chi connectivity index (χ3v) is 9.48. The highest BCUT2D eigenvalue weighted by molar-refractivity contribution is 6.48. The molecular formula is C42H24. The number of benzene rings is 8. The molecule has 42 heavy (non-hydrogen) atoms. The van der Waals surface area contributed by atoms with Crippen molar-refractivity contribution in [1.29, 1.82) is 0 Å². The Balaban J connectivity index is 1.66. The lowest BCUT2D eigenvalue weighted by Crippen LogP contribution is -1.88. The zero-order valence-corrected chi connectivity index (χ0v) is 22.9. The van der Waals surface area contributed by atoms with Gasteiger partial charge in [-0.2, -0.15) is 0 Å². The summed E-state index contributed by atoms with van der Waals surface area (Å²) in [7, 11) is 0. The van der Waals surface area contributed by atoms with Gasteiger partial charge in [-0.3, -0.25) is 0 Å². The van der Waals surface area contributed by atoms with Gasteiger partial charge < -0.3 is 0 Å². The zero-order valence-electron chi connectivity index (χ0n) is 22.9. The van der Waals surface area contributed by atoms with E-state index in [4.69, 9.17) is 0 Å². The standard InChI is InChI=1S/C42H24/c1-3-12-26(13-4-1)36-39-31-21-9-17-25-18-10-22-32(34(25)31)40(39)37(27-14-5-2-6-15-27)42-38-30-20-8-7-16-28(30)24-29-19-11-23-33(35(29)38)41(36)42/h1-24H. The van der Waals surface area contributed by atoms with Crippen LogP contribution in [0.25, 0.3) is 97.7 Å². The summed E-state index contributed by atoms with van der Waals surface area (Å²) in [5.41, 5.74) is 5.22. The fourth-order valence-corrected chi connectivity index (χ4v) is 7.94. The Hall–Kier alpha value is -5.46. The van der Waals surface area contributed by atoms with E-state index in [0.717, 1.165) is 0 Å². The maximum Gasteiger partial charge on any atom is -0.0000936 e. The van der Waals surface area contributed by atoms with Crippen molar-refractivity contribution in [3.8, 4) is 22.3 Å². The molecule has 0 nitrogen and oxygen atoms in total. The summed E-state index contributed by atoms with van der Waals surface area (Å²) in [5, 5.41) is 18.8. The van der Waals surface area contributed by atoms with Crippen LogP contribution in [0.5, 0.6) is 0 Å². The summed E-state index contributed by atoms with van der Waals surface area (Å²) in [4.78, 5) is 0. The van der Waals surface area contributed by atoms with Crippen molar-refractivity contribution in [3.05, 3.63) is 146 Å². The topological polar surface area (TPSA) is 0 Å². The van der Waals surface area contributed by atoms with E-state index in [-0.39, 0.29) is 0 Å². The Labute approximate surface area is 242 Å². The summed E-state index contributed by atoms with van der Waals surface area (Å²) < 4.78 is 0. The minimum Gasteiger partial charge on any atom is -0.0622 e. The zero-order chi connectivity index (χ0) is 27.4. The summed E-state index contributed by atoms with van der Waals surface area (Å²) >= 11 is 0. The van der Waals surface area contributed by atoms with Gasteiger partial charge in [0.25, 0.3) is 0 Å². The molecule has 0 radical (unpaired) electrons. The highest BCUT2D eigenvalue weighted by Crippen LogP contribution is 2.56. The summed E-state index contributed by atoms with van der Waals surface area (Å²) in [6.07, 6.45) is 0. The molecule has 0 spiro atoms. The molecule has 0 saturated carbocycles. The van der Waals surface area contributed by atoms with Crippen molar-refractivity contribution in [1.82, 2.24) is 0 Å². The highest BCUT2D eigenvalue weighted by Gasteiger charge is 2.27. The van der Waals surface area contributed by atoms with E-state index in [1.54, 1.807) is 0 Å². The van der Waals surface area contributed by atoms with Crippen molar-refractivity contribution >= 4 is 75.4 Å². The van der Waals surface area contributed by atoms with E-state index >= 15 is 0 Å². The predicted molar refractivity (Wildman–Crippen MR) is 182 cm³/mol. The highest BCUT2D eigenvalue weighted by atomic mass is 14.3. The van der Waals surface area contributed by atoms with Crippen molar-refractivity contribution in [2.75, 3.05) is 0 Å². The minimum atomic E-state index is 1.27. The van der Waals surface area contributed by atoms with E-state index in [2.05, 4.69) is 146 Å². The lowest BCUT2D eigenvalue weighted by atomic mass is 9.87. The molecule has 0 N–H and O–H groups in total. The van der Waals surface area contributed by atoms with Gasteiger partial charge in [-0.15, -0.1) is 0 Å². The molecule has 10 aromatic rings. The number of rotatable bonds is 2. The second-order valence-electron chi connectivity index (χ2n) is 11.6. The Kier molecular flexibility index (Phi) is 4.27. The molecular weight excluding hydrogens is 504 g/mol. The van der Waals surface area contributed by atoms with E-state index < -0.39 is 0 Å². The Morgan fingerprint density at radius 2 is 0.690 bits per heavy atom. The number of hydrogen-bond donors (Lipinski definition) is 0. The van der Waals surface area contributed by atoms with Crippen LogP contribution in [0.4, 0.5) is 0 Å². The normalized spacial score (nSPS) is 12.3. The van der Waals surface area contributed by atoms with Gasteiger partial charge in [-0.05, 0) is 104 Å². The van der Waals surface area contributed by atoms with Gasteiger partial charge in [0.2, 0.25) is 0 Å². The molecule has 0 unspecified atom stereocenters. The van der Waals surface area contributed by atoms with Crippen LogP contribution in [0.2, 0.25) is 0 Å². The second-order valence-corrected chi connectivity index (χ2v) is 11.6. The SMILES string of the molecule is c1ccc(-c2c3c4cccc5cccc(c3c(-c3ccccc3)c3c2c2cccc6cc7ccccc7c3c62)c54)cc1. The second kappa shape index (κ2) is 8.06. The number of hydrogen-bond acceptors (Lipinski definition) is 0. The van der Waals surface area contributed by atoms with Crippen molar-refractivity contribution in [3.63, 3.8) is 0 Å². The first-order chi connectivity index (χ1) is 20.9. The van der Waals surface area contributed by atoms with Crippen LogP contribution in [-0.4, -0.2) is 0 Å². The molecule has 0 aliphatic carbocycles. The van der Waals surface area contributed by atoms with Gasteiger partial charge >= 0.3 is 0 Å². The van der Waals surface area contributed by atoms with Crippen LogP contribution in [-0.2, 0) is 0 Å². The molecule has 0 aromatic heterocycles. The minimum absolute atomic E-state index is 1.27. The fraction of sp³-hybridized carbons (Fsp3) is 0. The molecule has 0 aliphatic heterocycles. The van der Waals surface area contributed by atoms with Gasteiger partial charge in [0.1, 0.15) is 0 Å². The van der Waals surface area contributed by atoms with Crippen LogP contribution in [0.15, 0.2) is 146 Å². The average Bonchev–Trinajstić information content (AvgIpc) is 3.57. The van der Waals surface area contributed by atoms with Gasteiger partial charge in [0, 0.05) is 0 Å². The Bertz CT molecular complexity index is 2640. The maximum atomic E-state index is 2.37. The molecule has 0 atom stereocenters. The average molecular weight is 529 g/mol. The molecule has 10 aromatic carbocycles. The summed E-state index contributed by atoms with van der Waals surface area (Å²) in [5.74, 6) is 0. The van der Waals surface area contributed by atoms with E-state index in [1.165, 1.54) is 97.7 Å². The monoisotopic (exact) mass is 528 g/mol. The molecule has 0 fully saturated rings. The third-order valence-electron chi connectivity index (χ3n) is 9.48. The first-order valence-electron chi connectivity index (χ1n) is 14.7. The first-order valence-corrected chi connectivity index (χ1v) is 14.7. The van der Waals surface area contributed by atoms with E-state index in [1.807, 2.05) is 0 Å². The fourth-order valence-electron chi connectivity index (χ4n) is 7.94. The van der Waals surface area contributed by atoms with Crippen LogP contribution < -0.4 is 0 Å². The molecule has 0 bridgehead atoms. The van der Waals surface area contributed by atoms with Gasteiger partial charge in [0.05, 0.1) is 0 Å². The van der Waals surface area contributed by atoms with Crippen molar-refractivity contribution < 1.29 is 0 Å². The smallest absolute Gasteiger partial charge is 0.0000936 e. The lowest BCUT2D eigenvalue weighted by Gasteiger charge is -2.15. The summed E-state index contributed by atoms with van der Waals surface area (Å²) in [6.45, 7) is 0. The van der Waals surface area contributed by atoms with Gasteiger partial charge in [0.15, 0.2) is 0 Å². The molecule has 0 aliphatic rings. The third kappa shape index (κ3) is 2.72. The molecule has 0 heteroatoms. The molecule has 0 saturated heterocycles. The van der Waals surface area contributed by atoms with Crippen LogP contribution in [0, 0.1) is 0 Å². The summed E-state index contributed by atoms with van der Waals surface area (Å²) in [6, 6.07) is 54.0. The number of fused-ring (bicyclic) bond motifs is 8. The quantitative estimate of drug-likeness (QED) is 0.196. The van der Waals surface area contributed by atoms with Crippen LogP contribution in [0.3, 0.4) is 0 Å². The van der Waals surface area contributed by atoms with Gasteiger partial charge in [-0.1, -0.05) is 140 Å². The molecule has 0 heterocycles. The largest absolute Gasteiger partial charge is 0.0622 e.